The number of fused-ring (bicyclic) bond motifs is 8. The monoisotopic (exact) mass is 904 g/mol. The SMILES string of the molecule is CCCOc1c2cccc1Cc1cc(NC(=O)NS(=O)(=O)c3ccccc3)cc(c1O)Cc1cccc(c1OCCC)Cc1cc(NC(=O)NS(=O)(=O)c3ccccc3)cc(c1O)C2. The fourth-order valence-corrected chi connectivity index (χ4v) is 9.37. The first-order chi connectivity index (χ1) is 30.7. The van der Waals surface area contributed by atoms with Gasteiger partial charge in [0.2, 0.25) is 0 Å². The summed E-state index contributed by atoms with van der Waals surface area (Å²) in [6.07, 6.45) is 1.77. The minimum atomic E-state index is -4.21. The number of sulfonamides is 2. The van der Waals surface area contributed by atoms with Crippen molar-refractivity contribution in [3.63, 3.8) is 0 Å². The molecule has 0 aromatic heterocycles. The summed E-state index contributed by atoms with van der Waals surface area (Å²) >= 11 is 0. The second kappa shape index (κ2) is 19.6. The Labute approximate surface area is 372 Å². The molecule has 8 bridgehead atoms. The standard InChI is InChI=1S/C48H48N4O10S2/c1-3-21-61-45-31-13-11-14-32(45)24-36-28-40(50-48(56)52-64(59,60)42-19-9-6-10-20-42)30-38(44(36)54)26-34-16-12-15-33(46(34)62-22-4-2)25-37-29-39(27-35(23-31)43(37)53)49-47(55)51-63(57,58)41-17-7-5-8-18-41/h5-20,27-30,53-54H,3-4,21-26H2,1-2H3,(H2,49,51,55)(H2,50,52,56). The third-order valence-electron chi connectivity index (χ3n) is 10.4. The molecule has 1 aliphatic rings. The van der Waals surface area contributed by atoms with Crippen LogP contribution >= 0.6 is 0 Å². The molecule has 16 heteroatoms. The summed E-state index contributed by atoms with van der Waals surface area (Å²) < 4.78 is 69.1. The first kappa shape index (κ1) is 45.0. The molecule has 0 atom stereocenters. The highest BCUT2D eigenvalue weighted by Gasteiger charge is 2.24. The predicted molar refractivity (Wildman–Crippen MR) is 243 cm³/mol. The molecule has 1 aliphatic carbocycles. The van der Waals surface area contributed by atoms with Gasteiger partial charge in [0.25, 0.3) is 20.0 Å². The van der Waals surface area contributed by atoms with Gasteiger partial charge in [0, 0.05) is 59.3 Å². The Morgan fingerprint density at radius 2 is 0.797 bits per heavy atom. The van der Waals surface area contributed by atoms with Gasteiger partial charge in [0.05, 0.1) is 23.0 Å². The number of ether oxygens (including phenoxy) is 2. The van der Waals surface area contributed by atoms with Gasteiger partial charge >= 0.3 is 12.1 Å². The predicted octanol–water partition coefficient (Wildman–Crippen LogP) is 8.37. The van der Waals surface area contributed by atoms with Crippen molar-refractivity contribution in [1.82, 2.24) is 9.44 Å². The van der Waals surface area contributed by atoms with Crippen LogP contribution < -0.4 is 29.6 Å². The van der Waals surface area contributed by atoms with Gasteiger partial charge < -0.3 is 30.3 Å². The Balaban J connectivity index is 1.34. The molecule has 0 heterocycles. The summed E-state index contributed by atoms with van der Waals surface area (Å²) in [5, 5.41) is 29.3. The number of hydrogen-bond acceptors (Lipinski definition) is 10. The zero-order valence-electron chi connectivity index (χ0n) is 35.2. The van der Waals surface area contributed by atoms with Gasteiger partial charge in [-0.1, -0.05) is 86.6 Å². The van der Waals surface area contributed by atoms with E-state index in [1.165, 1.54) is 24.3 Å². The van der Waals surface area contributed by atoms with Crippen molar-refractivity contribution in [3.05, 3.63) is 166 Å². The van der Waals surface area contributed by atoms with Gasteiger partial charge in [-0.05, 0) is 83.6 Å². The van der Waals surface area contributed by atoms with Crippen molar-refractivity contribution in [3.8, 4) is 23.0 Å². The van der Waals surface area contributed by atoms with Gasteiger partial charge in [-0.3, -0.25) is 0 Å². The molecule has 0 spiro atoms. The van der Waals surface area contributed by atoms with Crippen molar-refractivity contribution in [2.45, 2.75) is 62.2 Å². The minimum Gasteiger partial charge on any atom is -0.507 e. The summed E-state index contributed by atoms with van der Waals surface area (Å²) in [4.78, 5) is 26.4. The zero-order valence-corrected chi connectivity index (χ0v) is 36.8. The lowest BCUT2D eigenvalue weighted by Gasteiger charge is -2.21. The molecular weight excluding hydrogens is 857 g/mol. The first-order valence-corrected chi connectivity index (χ1v) is 23.7. The van der Waals surface area contributed by atoms with Crippen LogP contribution in [0.15, 0.2) is 131 Å². The number of benzene rings is 6. The van der Waals surface area contributed by atoms with E-state index in [1.54, 1.807) is 60.7 Å². The van der Waals surface area contributed by atoms with Crippen molar-refractivity contribution >= 4 is 43.5 Å². The second-order valence-corrected chi connectivity index (χ2v) is 18.6. The van der Waals surface area contributed by atoms with Gasteiger partial charge in [-0.25, -0.2) is 35.9 Å². The van der Waals surface area contributed by atoms with Crippen LogP contribution in [-0.2, 0) is 45.7 Å². The Kier molecular flexibility index (Phi) is 13.8. The number of phenols is 2. The topological polar surface area (TPSA) is 209 Å². The van der Waals surface area contributed by atoms with Crippen LogP contribution in [0.25, 0.3) is 0 Å². The number of phenolic OH excluding ortho intramolecular Hbond substituents is 2. The number of carbonyl (C=O) groups is 2. The molecule has 4 amide bonds. The number of amides is 4. The van der Waals surface area contributed by atoms with Crippen molar-refractivity contribution in [2.75, 3.05) is 23.8 Å². The van der Waals surface area contributed by atoms with E-state index in [1.807, 2.05) is 50.2 Å². The largest absolute Gasteiger partial charge is 0.507 e. The third-order valence-corrected chi connectivity index (χ3v) is 13.1. The fraction of sp³-hybridized carbons (Fsp3) is 0.208. The summed E-state index contributed by atoms with van der Waals surface area (Å²) in [6, 6.07) is 30.3. The lowest BCUT2D eigenvalue weighted by atomic mass is 9.91. The van der Waals surface area contributed by atoms with E-state index in [4.69, 9.17) is 9.47 Å². The molecule has 0 aliphatic heterocycles. The van der Waals surface area contributed by atoms with Gasteiger partial charge in [-0.15, -0.1) is 0 Å². The van der Waals surface area contributed by atoms with Crippen molar-refractivity contribution in [2.24, 2.45) is 0 Å². The number of rotatable bonds is 12. The van der Waals surface area contributed by atoms with E-state index in [9.17, 15) is 36.6 Å². The lowest BCUT2D eigenvalue weighted by molar-refractivity contribution is 0.255. The van der Waals surface area contributed by atoms with Crippen LogP contribution in [0.1, 0.15) is 71.2 Å². The minimum absolute atomic E-state index is 0.0419. The number of aromatic hydroxyl groups is 2. The molecule has 7 rings (SSSR count). The first-order valence-electron chi connectivity index (χ1n) is 20.7. The second-order valence-electron chi connectivity index (χ2n) is 15.2. The average molecular weight is 905 g/mol. The number of nitrogens with one attached hydrogen (secondary N) is 4. The number of anilines is 2. The molecule has 0 radical (unpaired) electrons. The van der Waals surface area contributed by atoms with Crippen molar-refractivity contribution in [1.29, 1.82) is 0 Å². The number of para-hydroxylation sites is 2. The summed E-state index contributed by atoms with van der Waals surface area (Å²) in [7, 11) is -8.41. The van der Waals surface area contributed by atoms with Crippen molar-refractivity contribution < 1.29 is 46.1 Å². The molecule has 64 heavy (non-hydrogen) atoms. The van der Waals surface area contributed by atoms with E-state index in [0.29, 0.717) is 82.1 Å². The Hall–Kier alpha value is -7.04. The van der Waals surface area contributed by atoms with Crippen LogP contribution in [-0.4, -0.2) is 52.3 Å². The maximum absolute atomic E-state index is 13.3. The van der Waals surface area contributed by atoms with E-state index in [-0.39, 0.29) is 58.3 Å². The van der Waals surface area contributed by atoms with E-state index >= 15 is 0 Å². The molecule has 14 nitrogen and oxygen atoms in total. The molecule has 6 aromatic rings. The van der Waals surface area contributed by atoms with Gasteiger partial charge in [0.1, 0.15) is 23.0 Å². The summed E-state index contributed by atoms with van der Waals surface area (Å²) in [6.45, 7) is 4.59. The lowest BCUT2D eigenvalue weighted by Crippen LogP contribution is -2.34. The van der Waals surface area contributed by atoms with Gasteiger partial charge in [0.15, 0.2) is 0 Å². The van der Waals surface area contributed by atoms with Crippen LogP contribution in [0, 0.1) is 0 Å². The van der Waals surface area contributed by atoms with Gasteiger partial charge in [-0.2, -0.15) is 0 Å². The van der Waals surface area contributed by atoms with Crippen LogP contribution in [0.2, 0.25) is 0 Å². The molecular formula is C48H48N4O10S2. The van der Waals surface area contributed by atoms with Crippen LogP contribution in [0.4, 0.5) is 21.0 Å². The average Bonchev–Trinajstić information content (AvgIpc) is 3.26. The normalized spacial score (nSPS) is 12.4. The highest BCUT2D eigenvalue weighted by atomic mass is 32.2. The van der Waals surface area contributed by atoms with Crippen LogP contribution in [0.5, 0.6) is 23.0 Å². The molecule has 0 saturated carbocycles. The number of hydrogen-bond donors (Lipinski definition) is 6. The number of carbonyl (C=O) groups excluding carboxylic acids is 2. The highest BCUT2D eigenvalue weighted by molar-refractivity contribution is 7.90. The molecule has 332 valence electrons. The molecule has 0 fully saturated rings. The third kappa shape index (κ3) is 10.6. The highest BCUT2D eigenvalue weighted by Crippen LogP contribution is 2.40. The van der Waals surface area contributed by atoms with Crippen LogP contribution in [0.3, 0.4) is 0 Å². The zero-order chi connectivity index (χ0) is 45.4. The van der Waals surface area contributed by atoms with E-state index in [2.05, 4.69) is 20.1 Å². The Morgan fingerprint density at radius 1 is 0.484 bits per heavy atom. The molecule has 6 aromatic carbocycles. The van der Waals surface area contributed by atoms with E-state index < -0.39 is 32.1 Å². The summed E-state index contributed by atoms with van der Waals surface area (Å²) in [5.41, 5.74) is 4.75. The number of urea groups is 2. The fourth-order valence-electron chi connectivity index (χ4n) is 7.51. The Morgan fingerprint density at radius 3 is 1.09 bits per heavy atom. The maximum atomic E-state index is 13.3. The Bertz CT molecular complexity index is 2620. The molecule has 0 unspecified atom stereocenters. The quantitative estimate of drug-likeness (QED) is 0.0646. The molecule has 6 N–H and O–H groups in total. The molecule has 0 saturated heterocycles. The van der Waals surface area contributed by atoms with E-state index in [0.717, 1.165) is 0 Å². The smallest absolute Gasteiger partial charge is 0.333 e. The maximum Gasteiger partial charge on any atom is 0.333 e. The summed E-state index contributed by atoms with van der Waals surface area (Å²) in [5.74, 6) is 0.905.